The van der Waals surface area contributed by atoms with Gasteiger partial charge in [0.1, 0.15) is 11.6 Å². The molecule has 21 heavy (non-hydrogen) atoms. The van der Waals surface area contributed by atoms with E-state index < -0.39 is 30.6 Å². The van der Waals surface area contributed by atoms with Crippen molar-refractivity contribution >= 4 is 23.5 Å². The van der Waals surface area contributed by atoms with E-state index in [2.05, 4.69) is 20.5 Å². The predicted octanol–water partition coefficient (Wildman–Crippen LogP) is 2.55. The summed E-state index contributed by atoms with van der Waals surface area (Å²) in [7, 11) is 0. The second-order valence-electron chi connectivity index (χ2n) is 3.77. The number of benzene rings is 1. The molecule has 1 aromatic heterocycles. The molecule has 0 saturated carbocycles. The van der Waals surface area contributed by atoms with Crippen molar-refractivity contribution in [2.75, 3.05) is 11.9 Å². The maximum Gasteiger partial charge on any atom is 0.297 e. The first kappa shape index (κ1) is 15.1. The average Bonchev–Trinajstić information content (AvgIpc) is 2.86. The molecule has 0 aliphatic carbocycles. The number of carbonyl (C=O) groups is 1. The van der Waals surface area contributed by atoms with E-state index in [1.165, 1.54) is 6.07 Å². The van der Waals surface area contributed by atoms with Crippen LogP contribution in [0.25, 0.3) is 0 Å². The van der Waals surface area contributed by atoms with Crippen LogP contribution in [0.4, 0.5) is 19.1 Å². The molecule has 0 unspecified atom stereocenters. The minimum Gasteiger partial charge on any atom is -0.482 e. The van der Waals surface area contributed by atoms with Gasteiger partial charge in [0.2, 0.25) is 5.95 Å². The van der Waals surface area contributed by atoms with Gasteiger partial charge >= 0.3 is 0 Å². The van der Waals surface area contributed by atoms with Crippen molar-refractivity contribution < 1.29 is 22.7 Å². The number of anilines is 1. The summed E-state index contributed by atoms with van der Waals surface area (Å²) in [6.45, 7) is -0.462. The van der Waals surface area contributed by atoms with Gasteiger partial charge < -0.3 is 9.72 Å². The Labute approximate surface area is 121 Å². The summed E-state index contributed by atoms with van der Waals surface area (Å²) < 4.78 is 42.4. The molecule has 0 bridgehead atoms. The Morgan fingerprint density at radius 1 is 1.43 bits per heavy atom. The SMILES string of the molecule is O=C(COc1ccc(F)cc1Cl)Nc1nnc(C(F)F)[nH]1. The Kier molecular flexibility index (Phi) is 4.63. The zero-order chi connectivity index (χ0) is 15.4. The number of ether oxygens (including phenoxy) is 1. The molecule has 6 nitrogen and oxygen atoms in total. The van der Waals surface area contributed by atoms with E-state index in [0.29, 0.717) is 0 Å². The molecule has 0 aliphatic rings. The van der Waals surface area contributed by atoms with Crippen LogP contribution >= 0.6 is 11.6 Å². The van der Waals surface area contributed by atoms with Crippen molar-refractivity contribution in [3.8, 4) is 5.75 Å². The zero-order valence-electron chi connectivity index (χ0n) is 10.2. The summed E-state index contributed by atoms with van der Waals surface area (Å²) in [5, 5.41) is 8.63. The standard InChI is InChI=1S/C11H8ClF3N4O2/c12-6-3-5(13)1-2-7(6)21-4-8(20)16-11-17-10(9(14)15)18-19-11/h1-3,9H,4H2,(H2,16,17,18,19,20). The fraction of sp³-hybridized carbons (Fsp3) is 0.182. The summed E-state index contributed by atoms with van der Waals surface area (Å²) in [5.41, 5.74) is 0. The van der Waals surface area contributed by atoms with Gasteiger partial charge in [-0.2, -0.15) is 0 Å². The van der Waals surface area contributed by atoms with E-state index in [9.17, 15) is 18.0 Å². The molecule has 0 radical (unpaired) electrons. The normalized spacial score (nSPS) is 10.7. The number of rotatable bonds is 5. The summed E-state index contributed by atoms with van der Waals surface area (Å²) >= 11 is 5.70. The van der Waals surface area contributed by atoms with Crippen LogP contribution in [0.1, 0.15) is 12.2 Å². The molecule has 2 N–H and O–H groups in total. The van der Waals surface area contributed by atoms with Gasteiger partial charge in [0, 0.05) is 0 Å². The van der Waals surface area contributed by atoms with Crippen LogP contribution in [-0.2, 0) is 4.79 Å². The van der Waals surface area contributed by atoms with Crippen LogP contribution in [0.15, 0.2) is 18.2 Å². The number of halogens is 4. The highest BCUT2D eigenvalue weighted by Crippen LogP contribution is 2.24. The number of nitrogens with one attached hydrogen (secondary N) is 2. The molecular formula is C11H8ClF3N4O2. The number of aromatic amines is 1. The molecule has 2 rings (SSSR count). The third-order valence-corrected chi connectivity index (χ3v) is 2.52. The molecular weight excluding hydrogens is 313 g/mol. The molecule has 112 valence electrons. The summed E-state index contributed by atoms with van der Waals surface area (Å²) in [5.74, 6) is -2.00. The Bertz CT molecular complexity index is 650. The predicted molar refractivity (Wildman–Crippen MR) is 66.9 cm³/mol. The fourth-order valence-corrected chi connectivity index (χ4v) is 1.56. The van der Waals surface area contributed by atoms with E-state index >= 15 is 0 Å². The topological polar surface area (TPSA) is 79.9 Å². The highest BCUT2D eigenvalue weighted by atomic mass is 35.5. The number of amides is 1. The van der Waals surface area contributed by atoms with Crippen LogP contribution in [-0.4, -0.2) is 27.7 Å². The van der Waals surface area contributed by atoms with E-state index in [-0.39, 0.29) is 16.7 Å². The van der Waals surface area contributed by atoms with Gasteiger partial charge in [-0.1, -0.05) is 11.6 Å². The number of H-pyrrole nitrogens is 1. The molecule has 0 atom stereocenters. The lowest BCUT2D eigenvalue weighted by molar-refractivity contribution is -0.118. The number of hydrogen-bond donors (Lipinski definition) is 2. The molecule has 1 aromatic carbocycles. The second kappa shape index (κ2) is 6.44. The van der Waals surface area contributed by atoms with Crippen LogP contribution in [0.3, 0.4) is 0 Å². The molecule has 1 heterocycles. The van der Waals surface area contributed by atoms with E-state index in [4.69, 9.17) is 16.3 Å². The summed E-state index contributed by atoms with van der Waals surface area (Å²) in [4.78, 5) is 13.6. The lowest BCUT2D eigenvalue weighted by Crippen LogP contribution is -2.21. The maximum absolute atomic E-state index is 12.8. The summed E-state index contributed by atoms with van der Waals surface area (Å²) in [6, 6.07) is 3.40. The molecule has 2 aromatic rings. The van der Waals surface area contributed by atoms with Gasteiger partial charge in [-0.3, -0.25) is 10.1 Å². The van der Waals surface area contributed by atoms with Crippen molar-refractivity contribution in [3.05, 3.63) is 34.9 Å². The van der Waals surface area contributed by atoms with E-state index in [1.807, 2.05) is 0 Å². The molecule has 0 saturated heterocycles. The third-order valence-electron chi connectivity index (χ3n) is 2.22. The van der Waals surface area contributed by atoms with Gasteiger partial charge in [-0.15, -0.1) is 10.2 Å². The Hall–Kier alpha value is -2.29. The summed E-state index contributed by atoms with van der Waals surface area (Å²) in [6.07, 6.45) is -2.82. The third kappa shape index (κ3) is 4.09. The number of nitrogens with zero attached hydrogens (tertiary/aromatic N) is 2. The Balaban J connectivity index is 1.89. The van der Waals surface area contributed by atoms with Crippen LogP contribution in [0.2, 0.25) is 5.02 Å². The van der Waals surface area contributed by atoms with Crippen molar-refractivity contribution in [1.82, 2.24) is 15.2 Å². The second-order valence-corrected chi connectivity index (χ2v) is 4.18. The minimum atomic E-state index is -2.82. The highest BCUT2D eigenvalue weighted by molar-refractivity contribution is 6.32. The van der Waals surface area contributed by atoms with E-state index in [0.717, 1.165) is 12.1 Å². The Morgan fingerprint density at radius 3 is 2.81 bits per heavy atom. The van der Waals surface area contributed by atoms with Crippen molar-refractivity contribution in [1.29, 1.82) is 0 Å². The van der Waals surface area contributed by atoms with Gasteiger partial charge in [0.25, 0.3) is 12.3 Å². The number of carbonyl (C=O) groups excluding carboxylic acids is 1. The van der Waals surface area contributed by atoms with Crippen molar-refractivity contribution in [2.24, 2.45) is 0 Å². The smallest absolute Gasteiger partial charge is 0.297 e. The average molecular weight is 321 g/mol. The number of hydrogen-bond acceptors (Lipinski definition) is 4. The lowest BCUT2D eigenvalue weighted by Gasteiger charge is -2.07. The molecule has 0 spiro atoms. The van der Waals surface area contributed by atoms with Crippen molar-refractivity contribution in [3.63, 3.8) is 0 Å². The fourth-order valence-electron chi connectivity index (χ4n) is 1.33. The van der Waals surface area contributed by atoms with Crippen LogP contribution in [0.5, 0.6) is 5.75 Å². The number of aromatic nitrogens is 3. The maximum atomic E-state index is 12.8. The molecule has 0 fully saturated rings. The van der Waals surface area contributed by atoms with Gasteiger partial charge in [-0.25, -0.2) is 13.2 Å². The van der Waals surface area contributed by atoms with Gasteiger partial charge in [0.05, 0.1) is 5.02 Å². The number of alkyl halides is 2. The molecule has 10 heteroatoms. The van der Waals surface area contributed by atoms with Crippen LogP contribution in [0, 0.1) is 5.82 Å². The molecule has 0 aliphatic heterocycles. The van der Waals surface area contributed by atoms with E-state index in [1.54, 1.807) is 0 Å². The first-order chi connectivity index (χ1) is 9.95. The molecule has 1 amide bonds. The highest BCUT2D eigenvalue weighted by Gasteiger charge is 2.14. The van der Waals surface area contributed by atoms with Gasteiger partial charge in [0.15, 0.2) is 12.4 Å². The van der Waals surface area contributed by atoms with Crippen molar-refractivity contribution in [2.45, 2.75) is 6.43 Å². The quantitative estimate of drug-likeness (QED) is 0.887. The van der Waals surface area contributed by atoms with Gasteiger partial charge in [-0.05, 0) is 18.2 Å². The first-order valence-electron chi connectivity index (χ1n) is 5.54. The Morgan fingerprint density at radius 2 is 2.19 bits per heavy atom. The first-order valence-corrected chi connectivity index (χ1v) is 5.92. The zero-order valence-corrected chi connectivity index (χ0v) is 11.0. The largest absolute Gasteiger partial charge is 0.482 e. The van der Waals surface area contributed by atoms with Crippen LogP contribution < -0.4 is 10.1 Å². The lowest BCUT2D eigenvalue weighted by atomic mass is 10.3. The minimum absolute atomic E-state index is 0.00227. The monoisotopic (exact) mass is 320 g/mol.